The molecule has 0 fully saturated rings. The molecule has 2 rings (SSSR count). The first-order valence-electron chi connectivity index (χ1n) is 5.69. The Morgan fingerprint density at radius 3 is 3.11 bits per heavy atom. The molecule has 0 aliphatic heterocycles. The van der Waals surface area contributed by atoms with Crippen LogP contribution in [0.15, 0.2) is 23.0 Å². The highest BCUT2D eigenvalue weighted by Gasteiger charge is 2.17. The summed E-state index contributed by atoms with van der Waals surface area (Å²) in [4.78, 5) is 15.3. The molecular weight excluding hydrogens is 236 g/mol. The molecule has 2 aromatic rings. The summed E-state index contributed by atoms with van der Waals surface area (Å²) in [6, 6.07) is 1.93. The molecule has 0 bridgehead atoms. The zero-order valence-corrected chi connectivity index (χ0v) is 10.2. The summed E-state index contributed by atoms with van der Waals surface area (Å²) >= 11 is 0. The Morgan fingerprint density at radius 1 is 1.61 bits per heavy atom. The number of carbonyl (C=O) groups excluding carboxylic acids is 1. The molecule has 0 unspecified atom stereocenters. The third-order valence-corrected chi connectivity index (χ3v) is 2.37. The first kappa shape index (κ1) is 12.3. The minimum Gasteiger partial charge on any atom is -0.459 e. The zero-order valence-electron chi connectivity index (χ0n) is 10.2. The van der Waals surface area contributed by atoms with Crippen LogP contribution in [-0.4, -0.2) is 32.5 Å². The lowest BCUT2D eigenvalue weighted by Crippen LogP contribution is -2.10. The van der Waals surface area contributed by atoms with Gasteiger partial charge in [0.25, 0.3) is 0 Å². The van der Waals surface area contributed by atoms with Crippen LogP contribution >= 0.6 is 0 Å². The van der Waals surface area contributed by atoms with Crippen molar-refractivity contribution in [3.8, 4) is 0 Å². The molecule has 0 saturated heterocycles. The van der Waals surface area contributed by atoms with E-state index in [0.717, 1.165) is 0 Å². The van der Waals surface area contributed by atoms with Crippen molar-refractivity contribution in [3.05, 3.63) is 30.2 Å². The highest BCUT2D eigenvalue weighted by Crippen LogP contribution is 2.10. The van der Waals surface area contributed by atoms with Crippen LogP contribution in [0.3, 0.4) is 0 Å². The summed E-state index contributed by atoms with van der Waals surface area (Å²) in [6.45, 7) is 3.97. The normalized spacial score (nSPS) is 12.3. The molecule has 18 heavy (non-hydrogen) atoms. The lowest BCUT2D eigenvalue weighted by atomic mass is 10.2. The number of carbonyl (C=O) groups is 1. The van der Waals surface area contributed by atoms with Gasteiger partial charge in [-0.3, -0.25) is 4.68 Å². The fraction of sp³-hybridized carbons (Fsp3) is 0.455. The van der Waals surface area contributed by atoms with Crippen molar-refractivity contribution in [1.29, 1.82) is 0 Å². The first-order valence-corrected chi connectivity index (χ1v) is 5.69. The van der Waals surface area contributed by atoms with Crippen molar-refractivity contribution < 1.29 is 14.1 Å². The minimum atomic E-state index is -0.594. The van der Waals surface area contributed by atoms with E-state index in [1.807, 2.05) is 19.2 Å². The Morgan fingerprint density at radius 2 is 2.44 bits per heavy atom. The summed E-state index contributed by atoms with van der Waals surface area (Å²) in [5.74, 6) is -0.247. The van der Waals surface area contributed by atoms with E-state index in [2.05, 4.69) is 15.2 Å². The highest BCUT2D eigenvalue weighted by molar-refractivity contribution is 5.83. The molecule has 2 heterocycles. The fourth-order valence-corrected chi connectivity index (χ4v) is 1.51. The van der Waals surface area contributed by atoms with Gasteiger partial charge in [0.2, 0.25) is 0 Å². The van der Waals surface area contributed by atoms with Gasteiger partial charge < -0.3 is 9.26 Å². The van der Waals surface area contributed by atoms with Crippen molar-refractivity contribution in [2.45, 2.75) is 26.3 Å². The minimum absolute atomic E-state index is 0.0904. The maximum Gasteiger partial charge on any atom is 0.397 e. The number of aromatic nitrogens is 4. The molecule has 0 amide bonds. The third-order valence-electron chi connectivity index (χ3n) is 2.37. The van der Waals surface area contributed by atoms with Crippen LogP contribution in [0.5, 0.6) is 0 Å². The van der Waals surface area contributed by atoms with Crippen molar-refractivity contribution >= 4 is 5.97 Å². The predicted octanol–water partition coefficient (Wildman–Crippen LogP) is 1.25. The molecule has 0 spiro atoms. The van der Waals surface area contributed by atoms with E-state index in [4.69, 9.17) is 9.26 Å². The van der Waals surface area contributed by atoms with E-state index < -0.39 is 5.97 Å². The number of nitrogens with zero attached hydrogens (tertiary/aromatic N) is 4. The molecule has 0 radical (unpaired) electrons. The molecule has 0 aliphatic rings. The van der Waals surface area contributed by atoms with Gasteiger partial charge in [-0.1, -0.05) is 5.16 Å². The number of ether oxygens (including phenoxy) is 1. The van der Waals surface area contributed by atoms with Crippen LogP contribution in [-0.2, 0) is 11.2 Å². The molecule has 0 aliphatic carbocycles. The Balaban J connectivity index is 2.00. The van der Waals surface area contributed by atoms with E-state index >= 15 is 0 Å². The summed E-state index contributed by atoms with van der Waals surface area (Å²) in [7, 11) is 0. The Hall–Kier alpha value is -2.18. The van der Waals surface area contributed by atoms with Crippen LogP contribution in [0, 0.1) is 0 Å². The monoisotopic (exact) mass is 250 g/mol. The zero-order chi connectivity index (χ0) is 13.0. The Labute approximate surface area is 104 Å². The van der Waals surface area contributed by atoms with Crippen LogP contribution in [0.1, 0.15) is 36.4 Å². The van der Waals surface area contributed by atoms with Gasteiger partial charge in [0.15, 0.2) is 5.82 Å². The van der Waals surface area contributed by atoms with Gasteiger partial charge in [0, 0.05) is 18.8 Å². The van der Waals surface area contributed by atoms with Gasteiger partial charge in [-0.05, 0) is 19.9 Å². The topological polar surface area (TPSA) is 83.0 Å². The van der Waals surface area contributed by atoms with E-state index in [9.17, 15) is 4.79 Å². The van der Waals surface area contributed by atoms with Crippen molar-refractivity contribution in [3.63, 3.8) is 0 Å². The molecule has 0 N–H and O–H groups in total. The van der Waals surface area contributed by atoms with E-state index in [-0.39, 0.29) is 18.5 Å². The lowest BCUT2D eigenvalue weighted by Gasteiger charge is -2.08. The quantitative estimate of drug-likeness (QED) is 0.742. The highest BCUT2D eigenvalue weighted by atomic mass is 16.6. The van der Waals surface area contributed by atoms with Gasteiger partial charge >= 0.3 is 11.9 Å². The largest absolute Gasteiger partial charge is 0.459 e. The van der Waals surface area contributed by atoms with E-state index in [0.29, 0.717) is 12.2 Å². The first-order chi connectivity index (χ1) is 8.70. The number of rotatable bonds is 5. The van der Waals surface area contributed by atoms with Gasteiger partial charge in [-0.25, -0.2) is 4.79 Å². The molecule has 2 aromatic heterocycles. The maximum absolute atomic E-state index is 11.3. The van der Waals surface area contributed by atoms with Gasteiger partial charge in [0.1, 0.15) is 0 Å². The third kappa shape index (κ3) is 2.73. The second-order valence-electron chi connectivity index (χ2n) is 3.78. The average Bonchev–Trinajstić information content (AvgIpc) is 2.99. The molecule has 96 valence electrons. The van der Waals surface area contributed by atoms with Crippen LogP contribution in [0.4, 0.5) is 0 Å². The van der Waals surface area contributed by atoms with Gasteiger partial charge in [-0.2, -0.15) is 10.1 Å². The smallest absolute Gasteiger partial charge is 0.397 e. The summed E-state index contributed by atoms with van der Waals surface area (Å²) in [6.07, 6.45) is 4.10. The van der Waals surface area contributed by atoms with Gasteiger partial charge in [0.05, 0.1) is 12.6 Å². The standard InChI is InChI=1S/C11H14N4O3/c1-3-17-11(16)10-13-9(14-18-10)7-8(2)15-6-4-5-12-15/h4-6,8H,3,7H2,1-2H3/t8-/m0/s1. The number of hydrogen-bond donors (Lipinski definition) is 0. The van der Waals surface area contributed by atoms with E-state index in [1.54, 1.807) is 17.8 Å². The summed E-state index contributed by atoms with van der Waals surface area (Å²) in [5, 5.41) is 7.86. The Kier molecular flexibility index (Phi) is 3.71. The average molecular weight is 250 g/mol. The molecule has 7 heteroatoms. The van der Waals surface area contributed by atoms with E-state index in [1.165, 1.54) is 0 Å². The fourth-order valence-electron chi connectivity index (χ4n) is 1.51. The van der Waals surface area contributed by atoms with Gasteiger partial charge in [-0.15, -0.1) is 0 Å². The molecular formula is C11H14N4O3. The maximum atomic E-state index is 11.3. The SMILES string of the molecule is CCOC(=O)c1nc(C[C@H](C)n2cccn2)no1. The van der Waals surface area contributed by atoms with Crippen LogP contribution in [0.25, 0.3) is 0 Å². The van der Waals surface area contributed by atoms with Crippen molar-refractivity contribution in [2.75, 3.05) is 6.61 Å². The number of hydrogen-bond acceptors (Lipinski definition) is 6. The molecule has 0 saturated carbocycles. The second kappa shape index (κ2) is 5.44. The predicted molar refractivity (Wildman–Crippen MR) is 60.9 cm³/mol. The molecule has 1 atom stereocenters. The summed E-state index contributed by atoms with van der Waals surface area (Å²) in [5.41, 5.74) is 0. The molecule has 0 aromatic carbocycles. The second-order valence-corrected chi connectivity index (χ2v) is 3.78. The lowest BCUT2D eigenvalue weighted by molar-refractivity contribution is 0.0470. The number of esters is 1. The Bertz CT molecular complexity index is 506. The van der Waals surface area contributed by atoms with Crippen LogP contribution < -0.4 is 0 Å². The van der Waals surface area contributed by atoms with Crippen molar-refractivity contribution in [2.24, 2.45) is 0 Å². The summed E-state index contributed by atoms with van der Waals surface area (Å²) < 4.78 is 11.4. The molecule has 7 nitrogen and oxygen atoms in total. The van der Waals surface area contributed by atoms with Crippen molar-refractivity contribution in [1.82, 2.24) is 19.9 Å². The van der Waals surface area contributed by atoms with Crippen LogP contribution in [0.2, 0.25) is 0 Å².